The molecule has 0 saturated heterocycles. The molecule has 0 aliphatic carbocycles. The number of nitrogens with one attached hydrogen (secondary N) is 1. The fraction of sp³-hybridized carbons (Fsp3) is 0.105. The molecule has 0 radical (unpaired) electrons. The molecule has 2 aromatic carbocycles. The standard InChI is InChI=1S/C19H15FN4O2/c1-12-7-8-13(15(20)9-12)10-23-18(25)16-17(22-11-21-16)24(19(23)26)14-5-3-2-4-6-14/h2-9,11H,10H2,1H3,(H,21,22). The van der Waals surface area contributed by atoms with Gasteiger partial charge in [-0.2, -0.15) is 0 Å². The van der Waals surface area contributed by atoms with E-state index >= 15 is 0 Å². The van der Waals surface area contributed by atoms with Crippen molar-refractivity contribution in [2.75, 3.05) is 0 Å². The van der Waals surface area contributed by atoms with Crippen molar-refractivity contribution in [1.29, 1.82) is 0 Å². The molecule has 0 aliphatic heterocycles. The van der Waals surface area contributed by atoms with Crippen molar-refractivity contribution in [3.8, 4) is 5.69 Å². The zero-order valence-electron chi connectivity index (χ0n) is 13.9. The highest BCUT2D eigenvalue weighted by molar-refractivity contribution is 5.71. The lowest BCUT2D eigenvalue weighted by Crippen LogP contribution is -2.40. The molecule has 0 bridgehead atoms. The molecular weight excluding hydrogens is 335 g/mol. The number of aromatic nitrogens is 4. The van der Waals surface area contributed by atoms with E-state index in [-0.39, 0.29) is 23.3 Å². The molecule has 0 amide bonds. The first-order valence-electron chi connectivity index (χ1n) is 8.05. The summed E-state index contributed by atoms with van der Waals surface area (Å²) < 4.78 is 16.6. The minimum absolute atomic E-state index is 0.161. The first kappa shape index (κ1) is 16.0. The first-order valence-corrected chi connectivity index (χ1v) is 8.05. The van der Waals surface area contributed by atoms with E-state index in [2.05, 4.69) is 9.97 Å². The summed E-state index contributed by atoms with van der Waals surface area (Å²) in [5, 5.41) is 0. The van der Waals surface area contributed by atoms with Gasteiger partial charge in [0.1, 0.15) is 11.3 Å². The Kier molecular flexibility index (Phi) is 3.76. The number of imidazole rings is 1. The summed E-state index contributed by atoms with van der Waals surface area (Å²) in [7, 11) is 0. The number of halogens is 1. The molecule has 0 atom stereocenters. The van der Waals surface area contributed by atoms with Crippen molar-refractivity contribution in [2.24, 2.45) is 0 Å². The minimum Gasteiger partial charge on any atom is -0.339 e. The summed E-state index contributed by atoms with van der Waals surface area (Å²) in [4.78, 5) is 32.7. The van der Waals surface area contributed by atoms with Crippen LogP contribution in [0.2, 0.25) is 0 Å². The van der Waals surface area contributed by atoms with Gasteiger partial charge in [-0.3, -0.25) is 9.36 Å². The largest absolute Gasteiger partial charge is 0.339 e. The number of nitrogens with zero attached hydrogens (tertiary/aromatic N) is 3. The topological polar surface area (TPSA) is 72.7 Å². The van der Waals surface area contributed by atoms with Crippen molar-refractivity contribution in [3.05, 3.63) is 92.6 Å². The molecule has 0 unspecified atom stereocenters. The minimum atomic E-state index is -0.569. The number of rotatable bonds is 3. The summed E-state index contributed by atoms with van der Waals surface area (Å²) in [5.41, 5.74) is 0.952. The van der Waals surface area contributed by atoms with Crippen molar-refractivity contribution in [3.63, 3.8) is 0 Å². The predicted molar refractivity (Wildman–Crippen MR) is 96.2 cm³/mol. The molecule has 4 rings (SSSR count). The number of hydrogen-bond acceptors (Lipinski definition) is 3. The van der Waals surface area contributed by atoms with Crippen LogP contribution in [0.15, 0.2) is 64.4 Å². The van der Waals surface area contributed by atoms with Gasteiger partial charge in [-0.25, -0.2) is 18.7 Å². The maximum Gasteiger partial charge on any atom is 0.337 e. The third-order valence-electron chi connectivity index (χ3n) is 4.26. The fourth-order valence-corrected chi connectivity index (χ4v) is 2.95. The third kappa shape index (κ3) is 2.54. The van der Waals surface area contributed by atoms with Gasteiger partial charge in [-0.15, -0.1) is 0 Å². The molecule has 7 heteroatoms. The van der Waals surface area contributed by atoms with Crippen LogP contribution in [0.1, 0.15) is 11.1 Å². The Labute approximate surface area is 147 Å². The Balaban J connectivity index is 1.98. The molecule has 6 nitrogen and oxygen atoms in total. The molecule has 4 aromatic rings. The maximum atomic E-state index is 14.2. The Hall–Kier alpha value is -3.48. The van der Waals surface area contributed by atoms with Gasteiger partial charge in [0.2, 0.25) is 0 Å². The van der Waals surface area contributed by atoms with Crippen LogP contribution in [0.25, 0.3) is 16.9 Å². The highest BCUT2D eigenvalue weighted by atomic mass is 19.1. The summed E-state index contributed by atoms with van der Waals surface area (Å²) >= 11 is 0. The number of para-hydroxylation sites is 1. The average Bonchev–Trinajstić information content (AvgIpc) is 3.11. The number of fused-ring (bicyclic) bond motifs is 1. The van der Waals surface area contributed by atoms with Crippen LogP contribution >= 0.6 is 0 Å². The van der Waals surface area contributed by atoms with Crippen molar-refractivity contribution < 1.29 is 4.39 Å². The van der Waals surface area contributed by atoms with Crippen LogP contribution in [0.3, 0.4) is 0 Å². The summed E-state index contributed by atoms with van der Waals surface area (Å²) in [6.07, 6.45) is 1.36. The number of aryl methyl sites for hydroxylation is 1. The second-order valence-electron chi connectivity index (χ2n) is 6.04. The quantitative estimate of drug-likeness (QED) is 0.616. The summed E-state index contributed by atoms with van der Waals surface area (Å²) in [5.74, 6) is -0.452. The molecule has 130 valence electrons. The molecule has 0 fully saturated rings. The average molecular weight is 350 g/mol. The van der Waals surface area contributed by atoms with Crippen LogP contribution < -0.4 is 11.2 Å². The highest BCUT2D eigenvalue weighted by Gasteiger charge is 2.17. The van der Waals surface area contributed by atoms with Crippen molar-refractivity contribution in [1.82, 2.24) is 19.1 Å². The highest BCUT2D eigenvalue weighted by Crippen LogP contribution is 2.13. The van der Waals surface area contributed by atoms with Gasteiger partial charge in [-0.1, -0.05) is 30.3 Å². The van der Waals surface area contributed by atoms with Gasteiger partial charge in [0, 0.05) is 5.56 Å². The Morgan fingerprint density at radius 1 is 1.12 bits per heavy atom. The lowest BCUT2D eigenvalue weighted by molar-refractivity contribution is 0.586. The normalized spacial score (nSPS) is 11.2. The number of benzene rings is 2. The smallest absolute Gasteiger partial charge is 0.337 e. The van der Waals surface area contributed by atoms with Crippen LogP contribution in [-0.4, -0.2) is 19.1 Å². The predicted octanol–water partition coefficient (Wildman–Crippen LogP) is 2.37. The third-order valence-corrected chi connectivity index (χ3v) is 4.26. The lowest BCUT2D eigenvalue weighted by atomic mass is 10.1. The van der Waals surface area contributed by atoms with Gasteiger partial charge in [0.05, 0.1) is 18.6 Å². The maximum absolute atomic E-state index is 14.2. The van der Waals surface area contributed by atoms with Gasteiger partial charge < -0.3 is 4.98 Å². The number of aromatic amines is 1. The SMILES string of the molecule is Cc1ccc(Cn2c(=O)c3[nH]cnc3n(-c3ccccc3)c2=O)c(F)c1. The van der Waals surface area contributed by atoms with E-state index in [1.54, 1.807) is 43.3 Å². The van der Waals surface area contributed by atoms with E-state index in [1.807, 2.05) is 6.07 Å². The second-order valence-corrected chi connectivity index (χ2v) is 6.04. The van der Waals surface area contributed by atoms with E-state index in [4.69, 9.17) is 0 Å². The van der Waals surface area contributed by atoms with Crippen molar-refractivity contribution >= 4 is 11.2 Å². The Morgan fingerprint density at radius 2 is 1.88 bits per heavy atom. The number of hydrogen-bond donors (Lipinski definition) is 1. The fourth-order valence-electron chi connectivity index (χ4n) is 2.95. The van der Waals surface area contributed by atoms with E-state index < -0.39 is 17.1 Å². The van der Waals surface area contributed by atoms with Crippen LogP contribution in [-0.2, 0) is 6.54 Å². The lowest BCUT2D eigenvalue weighted by Gasteiger charge is -2.12. The van der Waals surface area contributed by atoms with Crippen molar-refractivity contribution in [2.45, 2.75) is 13.5 Å². The molecule has 2 heterocycles. The monoisotopic (exact) mass is 350 g/mol. The molecular formula is C19H15FN4O2. The van der Waals surface area contributed by atoms with E-state index in [1.165, 1.54) is 17.0 Å². The van der Waals surface area contributed by atoms with Gasteiger partial charge in [0.15, 0.2) is 5.65 Å². The molecule has 2 aromatic heterocycles. The molecule has 0 aliphatic rings. The first-order chi connectivity index (χ1) is 12.6. The Morgan fingerprint density at radius 3 is 2.62 bits per heavy atom. The second kappa shape index (κ2) is 6.11. The molecule has 0 spiro atoms. The summed E-state index contributed by atoms with van der Waals surface area (Å²) in [6.45, 7) is 1.61. The van der Waals surface area contributed by atoms with E-state index in [0.717, 1.165) is 10.1 Å². The van der Waals surface area contributed by atoms with Gasteiger partial charge in [0.25, 0.3) is 5.56 Å². The number of H-pyrrole nitrogens is 1. The molecule has 26 heavy (non-hydrogen) atoms. The van der Waals surface area contributed by atoms with Crippen LogP contribution in [0.5, 0.6) is 0 Å². The zero-order valence-corrected chi connectivity index (χ0v) is 13.9. The van der Waals surface area contributed by atoms with E-state index in [9.17, 15) is 14.0 Å². The van der Waals surface area contributed by atoms with Gasteiger partial charge >= 0.3 is 5.69 Å². The van der Waals surface area contributed by atoms with Crippen LogP contribution in [0.4, 0.5) is 4.39 Å². The van der Waals surface area contributed by atoms with Crippen LogP contribution in [0, 0.1) is 12.7 Å². The molecule has 0 saturated carbocycles. The van der Waals surface area contributed by atoms with E-state index in [0.29, 0.717) is 5.69 Å². The molecule has 1 N–H and O–H groups in total. The summed E-state index contributed by atoms with van der Waals surface area (Å²) in [6, 6.07) is 13.6. The zero-order chi connectivity index (χ0) is 18.3. The Bertz CT molecular complexity index is 1220. The van der Waals surface area contributed by atoms with Gasteiger partial charge in [-0.05, 0) is 30.7 Å².